The summed E-state index contributed by atoms with van der Waals surface area (Å²) >= 11 is 6.23. The molecule has 4 rings (SSSR count). The molecule has 3 aromatic rings. The normalized spacial score (nSPS) is 15.5. The lowest BCUT2D eigenvalue weighted by atomic mass is 9.90. The summed E-state index contributed by atoms with van der Waals surface area (Å²) in [6.45, 7) is 0.692. The van der Waals surface area contributed by atoms with E-state index in [1.165, 1.54) is 7.11 Å². The smallest absolute Gasteiger partial charge is 0.335 e. The Hall–Kier alpha value is -3.23. The number of benzene rings is 2. The lowest BCUT2D eigenvalue weighted by molar-refractivity contribution is -0.690. The van der Waals surface area contributed by atoms with Crippen LogP contribution >= 0.6 is 11.6 Å². The molecular weight excluding hydrogens is 410 g/mol. The summed E-state index contributed by atoms with van der Waals surface area (Å²) in [4.78, 5) is 27.6. The van der Waals surface area contributed by atoms with Gasteiger partial charge in [-0.25, -0.2) is 9.36 Å². The molecule has 2 heterocycles. The molecule has 4 N–H and O–H groups in total. The van der Waals surface area contributed by atoms with Crippen LogP contribution in [0.4, 0.5) is 0 Å². The molecule has 30 heavy (non-hydrogen) atoms. The number of hydrogen-bond donors (Lipinski definition) is 3. The number of fused-ring (bicyclic) bond motifs is 1. The van der Waals surface area contributed by atoms with Crippen molar-refractivity contribution in [1.29, 1.82) is 0 Å². The largest absolute Gasteiger partial charge is 0.494 e. The first-order valence-corrected chi connectivity index (χ1v) is 9.75. The van der Waals surface area contributed by atoms with Crippen LogP contribution in [0, 0.1) is 0 Å². The number of H-pyrrole nitrogens is 1. The molecule has 0 unspecified atom stereocenters. The van der Waals surface area contributed by atoms with Crippen LogP contribution in [0.2, 0.25) is 5.02 Å². The minimum Gasteiger partial charge on any atom is -0.494 e. The van der Waals surface area contributed by atoms with Gasteiger partial charge in [-0.3, -0.25) is 9.78 Å². The predicted octanol–water partition coefficient (Wildman–Crippen LogP) is 1.11. The molecule has 1 aliphatic rings. The van der Waals surface area contributed by atoms with Crippen LogP contribution in [0.5, 0.6) is 17.4 Å². The Morgan fingerprint density at radius 3 is 2.57 bits per heavy atom. The number of para-hydroxylation sites is 1. The summed E-state index contributed by atoms with van der Waals surface area (Å²) in [7, 11) is 3.10. The second-order valence-corrected chi connectivity index (χ2v) is 7.35. The average Bonchev–Trinajstić information content (AvgIpc) is 2.73. The Bertz CT molecular complexity index is 1230. The number of aromatic amines is 1. The van der Waals surface area contributed by atoms with Gasteiger partial charge in [-0.2, -0.15) is 0 Å². The number of methoxy groups -OCH3 is 2. The van der Waals surface area contributed by atoms with Crippen molar-refractivity contribution in [2.75, 3.05) is 20.8 Å². The second-order valence-electron chi connectivity index (χ2n) is 6.94. The van der Waals surface area contributed by atoms with Gasteiger partial charge in [0, 0.05) is 12.0 Å². The molecule has 0 spiro atoms. The van der Waals surface area contributed by atoms with Crippen LogP contribution in [0.1, 0.15) is 22.7 Å². The predicted molar refractivity (Wildman–Crippen MR) is 111 cm³/mol. The Kier molecular flexibility index (Phi) is 5.27. The standard InChI is InChI=1S/C21H20ClN3O5/c1-29-15-9-11-7-8-23-18(12(11)10-16(15)30-2)17-19(26)24-21(28)25(20(17)27)14-6-4-3-5-13(14)22/h3-6,9-10,18,23,27H,7-8H2,1-2H3,(H,24,26,28)/p+1/t18-/m0/s1. The van der Waals surface area contributed by atoms with Crippen molar-refractivity contribution in [2.24, 2.45) is 0 Å². The molecule has 1 atom stereocenters. The van der Waals surface area contributed by atoms with Gasteiger partial charge in [0.15, 0.2) is 11.5 Å². The molecule has 0 saturated carbocycles. The molecule has 2 aromatic carbocycles. The highest BCUT2D eigenvalue weighted by atomic mass is 35.5. The van der Waals surface area contributed by atoms with Crippen molar-refractivity contribution < 1.29 is 19.9 Å². The zero-order valence-corrected chi connectivity index (χ0v) is 17.2. The van der Waals surface area contributed by atoms with E-state index < -0.39 is 23.2 Å². The van der Waals surface area contributed by atoms with Crippen molar-refractivity contribution in [3.63, 3.8) is 0 Å². The van der Waals surface area contributed by atoms with E-state index in [0.717, 1.165) is 22.1 Å². The van der Waals surface area contributed by atoms with Gasteiger partial charge in [-0.05, 0) is 29.8 Å². The summed E-state index contributed by atoms with van der Waals surface area (Å²) in [5.41, 5.74) is 0.728. The lowest BCUT2D eigenvalue weighted by Gasteiger charge is -2.26. The number of ether oxygens (including phenoxy) is 2. The fourth-order valence-corrected chi connectivity index (χ4v) is 4.14. The van der Waals surface area contributed by atoms with Crippen LogP contribution in [0.25, 0.3) is 5.69 Å². The fraction of sp³-hybridized carbons (Fsp3) is 0.238. The zero-order valence-electron chi connectivity index (χ0n) is 16.4. The third kappa shape index (κ3) is 3.24. The maximum absolute atomic E-state index is 12.8. The average molecular weight is 431 g/mol. The first-order chi connectivity index (χ1) is 14.5. The Morgan fingerprint density at radius 1 is 1.17 bits per heavy atom. The van der Waals surface area contributed by atoms with Gasteiger partial charge in [-0.1, -0.05) is 23.7 Å². The van der Waals surface area contributed by atoms with Gasteiger partial charge < -0.3 is 19.9 Å². The molecule has 0 aliphatic carbocycles. The van der Waals surface area contributed by atoms with E-state index in [9.17, 15) is 14.7 Å². The number of hydrogen-bond acceptors (Lipinski definition) is 5. The van der Waals surface area contributed by atoms with Crippen molar-refractivity contribution >= 4 is 11.6 Å². The number of aromatic nitrogens is 2. The van der Waals surface area contributed by atoms with E-state index in [1.54, 1.807) is 37.4 Å². The van der Waals surface area contributed by atoms with E-state index >= 15 is 0 Å². The van der Waals surface area contributed by atoms with Gasteiger partial charge in [-0.15, -0.1) is 0 Å². The van der Waals surface area contributed by atoms with E-state index in [0.29, 0.717) is 18.0 Å². The SMILES string of the molecule is COc1cc2c(cc1OC)[C@@H](c1c(O)n(-c3ccccc3Cl)c(=O)[nH]c1=O)[NH2+]CC2. The number of rotatable bonds is 4. The number of nitrogens with one attached hydrogen (secondary N) is 1. The first-order valence-electron chi connectivity index (χ1n) is 9.37. The third-order valence-electron chi connectivity index (χ3n) is 5.32. The molecule has 1 aliphatic heterocycles. The van der Waals surface area contributed by atoms with Gasteiger partial charge >= 0.3 is 5.69 Å². The van der Waals surface area contributed by atoms with Crippen LogP contribution < -0.4 is 26.0 Å². The van der Waals surface area contributed by atoms with Crippen molar-refractivity contribution in [3.8, 4) is 23.1 Å². The Morgan fingerprint density at radius 2 is 1.87 bits per heavy atom. The van der Waals surface area contributed by atoms with Crippen molar-refractivity contribution in [2.45, 2.75) is 12.5 Å². The van der Waals surface area contributed by atoms with Crippen LogP contribution in [-0.2, 0) is 6.42 Å². The van der Waals surface area contributed by atoms with E-state index in [1.807, 2.05) is 11.4 Å². The molecular formula is C21H21ClN3O5+. The third-order valence-corrected chi connectivity index (χ3v) is 5.64. The van der Waals surface area contributed by atoms with Crippen LogP contribution in [-0.4, -0.2) is 35.4 Å². The van der Waals surface area contributed by atoms with Gasteiger partial charge in [0.25, 0.3) is 5.56 Å². The molecule has 156 valence electrons. The van der Waals surface area contributed by atoms with Gasteiger partial charge in [0.05, 0.1) is 31.5 Å². The summed E-state index contributed by atoms with van der Waals surface area (Å²) in [5.74, 6) is 0.670. The van der Waals surface area contributed by atoms with Gasteiger partial charge in [0.2, 0.25) is 5.88 Å². The number of nitrogens with two attached hydrogens (primary N) is 1. The number of quaternary nitrogens is 1. The summed E-state index contributed by atoms with van der Waals surface area (Å²) in [5, 5.41) is 13.3. The molecule has 8 nitrogen and oxygen atoms in total. The quantitative estimate of drug-likeness (QED) is 0.574. The number of halogens is 1. The highest BCUT2D eigenvalue weighted by Gasteiger charge is 2.33. The molecule has 0 amide bonds. The lowest BCUT2D eigenvalue weighted by Crippen LogP contribution is -2.87. The Labute approximate surface area is 176 Å². The molecule has 0 bridgehead atoms. The minimum absolute atomic E-state index is 0.0719. The van der Waals surface area contributed by atoms with Gasteiger partial charge in [0.1, 0.15) is 11.6 Å². The molecule has 1 aromatic heterocycles. The second kappa shape index (κ2) is 7.89. The zero-order chi connectivity index (χ0) is 21.4. The summed E-state index contributed by atoms with van der Waals surface area (Å²) < 4.78 is 11.8. The first kappa shape index (κ1) is 20.1. The van der Waals surface area contributed by atoms with Crippen LogP contribution in [0.15, 0.2) is 46.0 Å². The molecule has 9 heteroatoms. The van der Waals surface area contributed by atoms with E-state index in [2.05, 4.69) is 4.98 Å². The number of nitrogens with zero attached hydrogens (tertiary/aromatic N) is 1. The monoisotopic (exact) mass is 430 g/mol. The number of aromatic hydroxyl groups is 1. The summed E-state index contributed by atoms with van der Waals surface area (Å²) in [6.07, 6.45) is 0.759. The molecule has 0 radical (unpaired) electrons. The van der Waals surface area contributed by atoms with Crippen LogP contribution in [0.3, 0.4) is 0 Å². The van der Waals surface area contributed by atoms with E-state index in [4.69, 9.17) is 21.1 Å². The van der Waals surface area contributed by atoms with Crippen molar-refractivity contribution in [3.05, 3.63) is 78.9 Å². The maximum Gasteiger partial charge on any atom is 0.335 e. The maximum atomic E-state index is 12.8. The molecule has 0 saturated heterocycles. The topological polar surface area (TPSA) is 110 Å². The highest BCUT2D eigenvalue weighted by molar-refractivity contribution is 6.32. The Balaban J connectivity index is 1.96. The minimum atomic E-state index is -0.766. The fourth-order valence-electron chi connectivity index (χ4n) is 3.92. The molecule has 0 fully saturated rings. The van der Waals surface area contributed by atoms with Crippen molar-refractivity contribution in [1.82, 2.24) is 9.55 Å². The highest BCUT2D eigenvalue weighted by Crippen LogP contribution is 2.36. The summed E-state index contributed by atoms with van der Waals surface area (Å²) in [6, 6.07) is 9.75. The van der Waals surface area contributed by atoms with E-state index in [-0.39, 0.29) is 16.3 Å².